The fourth-order valence-electron chi connectivity index (χ4n) is 3.14. The molecule has 0 radical (unpaired) electrons. The number of likely N-dealkylation sites (tertiary alicyclic amines) is 1. The lowest BCUT2D eigenvalue weighted by Gasteiger charge is -2.32. The molecule has 1 aliphatic carbocycles. The summed E-state index contributed by atoms with van der Waals surface area (Å²) in [6.07, 6.45) is 7.75. The summed E-state index contributed by atoms with van der Waals surface area (Å²) in [5.41, 5.74) is 0.716. The van der Waals surface area contributed by atoms with Gasteiger partial charge in [-0.1, -0.05) is 0 Å². The van der Waals surface area contributed by atoms with Gasteiger partial charge in [0.25, 0.3) is 5.91 Å². The Kier molecular flexibility index (Phi) is 5.13. The summed E-state index contributed by atoms with van der Waals surface area (Å²) in [5, 5.41) is 4.19. The number of rotatable bonds is 7. The number of aromatic nitrogens is 2. The second kappa shape index (κ2) is 7.27. The van der Waals surface area contributed by atoms with Crippen molar-refractivity contribution in [2.45, 2.75) is 45.6 Å². The number of amides is 1. The van der Waals surface area contributed by atoms with E-state index in [1.807, 2.05) is 17.9 Å². The average Bonchev–Trinajstić information content (AvgIpc) is 3.25. The Hall–Kier alpha value is -1.36. The average molecular weight is 305 g/mol. The minimum absolute atomic E-state index is 0.128. The third-order valence-electron chi connectivity index (χ3n) is 4.86. The minimum atomic E-state index is 0.128. The first-order chi connectivity index (χ1) is 10.8. The lowest BCUT2D eigenvalue weighted by molar-refractivity contribution is 0.0633. The number of nitrogens with zero attached hydrogens (tertiary/aromatic N) is 3. The van der Waals surface area contributed by atoms with Crippen molar-refractivity contribution in [3.63, 3.8) is 0 Å². The molecule has 5 nitrogen and oxygen atoms in total. The van der Waals surface area contributed by atoms with E-state index >= 15 is 0 Å². The molecule has 1 aromatic rings. The zero-order chi connectivity index (χ0) is 15.4. The fourth-order valence-corrected chi connectivity index (χ4v) is 3.14. The van der Waals surface area contributed by atoms with Crippen LogP contribution >= 0.6 is 0 Å². The Morgan fingerprint density at radius 1 is 1.27 bits per heavy atom. The summed E-state index contributed by atoms with van der Waals surface area (Å²) in [6, 6.07) is 1.82. The topological polar surface area (TPSA) is 47.4 Å². The van der Waals surface area contributed by atoms with Gasteiger partial charge in [-0.3, -0.25) is 9.48 Å². The molecular formula is C17H27N3O2. The van der Waals surface area contributed by atoms with Gasteiger partial charge in [0.15, 0.2) is 0 Å². The Morgan fingerprint density at radius 3 is 2.73 bits per heavy atom. The lowest BCUT2D eigenvalue weighted by Crippen LogP contribution is -2.39. The molecule has 0 atom stereocenters. The molecule has 2 fully saturated rings. The third kappa shape index (κ3) is 3.88. The molecule has 2 aliphatic rings. The minimum Gasteiger partial charge on any atom is -0.381 e. The van der Waals surface area contributed by atoms with Crippen molar-refractivity contribution in [3.05, 3.63) is 18.0 Å². The number of piperidine rings is 1. The van der Waals surface area contributed by atoms with E-state index in [4.69, 9.17) is 4.74 Å². The molecule has 22 heavy (non-hydrogen) atoms. The van der Waals surface area contributed by atoms with E-state index in [-0.39, 0.29) is 5.91 Å². The molecular weight excluding hydrogens is 278 g/mol. The predicted octanol–water partition coefficient (Wildman–Crippen LogP) is 2.57. The largest absolute Gasteiger partial charge is 0.381 e. The van der Waals surface area contributed by atoms with E-state index < -0.39 is 0 Å². The number of hydrogen-bond acceptors (Lipinski definition) is 3. The van der Waals surface area contributed by atoms with Gasteiger partial charge in [0.2, 0.25) is 0 Å². The number of hydrogen-bond donors (Lipinski definition) is 0. The molecule has 1 amide bonds. The van der Waals surface area contributed by atoms with Crippen molar-refractivity contribution in [1.82, 2.24) is 14.7 Å². The molecule has 0 bridgehead atoms. The zero-order valence-electron chi connectivity index (χ0n) is 13.5. The first kappa shape index (κ1) is 15.5. The van der Waals surface area contributed by atoms with Gasteiger partial charge in [0.1, 0.15) is 5.69 Å². The van der Waals surface area contributed by atoms with E-state index in [0.717, 1.165) is 58.0 Å². The normalized spacial score (nSPS) is 19.6. The Morgan fingerprint density at radius 2 is 2.05 bits per heavy atom. The molecule has 0 N–H and O–H groups in total. The van der Waals surface area contributed by atoms with Crippen LogP contribution in [0.4, 0.5) is 0 Å². The Bertz CT molecular complexity index is 488. The highest BCUT2D eigenvalue weighted by atomic mass is 16.5. The van der Waals surface area contributed by atoms with Crippen LogP contribution in [0.15, 0.2) is 12.3 Å². The van der Waals surface area contributed by atoms with E-state index in [0.29, 0.717) is 11.6 Å². The van der Waals surface area contributed by atoms with Crippen LogP contribution in [0.1, 0.15) is 49.5 Å². The SMILES string of the molecule is CCn1nccc1C(=O)N1CCC(CCOCC2CC2)CC1. The lowest BCUT2D eigenvalue weighted by atomic mass is 9.94. The summed E-state index contributed by atoms with van der Waals surface area (Å²) in [5.74, 6) is 1.69. The molecule has 3 rings (SSSR count). The van der Waals surface area contributed by atoms with Crippen LogP contribution in [0.25, 0.3) is 0 Å². The maximum atomic E-state index is 12.5. The van der Waals surface area contributed by atoms with Gasteiger partial charge < -0.3 is 9.64 Å². The summed E-state index contributed by atoms with van der Waals surface area (Å²) in [4.78, 5) is 14.5. The monoisotopic (exact) mass is 305 g/mol. The number of aryl methyl sites for hydroxylation is 1. The maximum Gasteiger partial charge on any atom is 0.272 e. The van der Waals surface area contributed by atoms with Crippen molar-refractivity contribution >= 4 is 5.91 Å². The standard InChI is InChI=1S/C17H27N3O2/c1-2-20-16(5-9-18-20)17(21)19-10-6-14(7-11-19)8-12-22-13-15-3-4-15/h5,9,14-15H,2-4,6-8,10-13H2,1H3. The predicted molar refractivity (Wildman–Crippen MR) is 84.7 cm³/mol. The summed E-state index contributed by atoms with van der Waals surface area (Å²) >= 11 is 0. The fraction of sp³-hybridized carbons (Fsp3) is 0.765. The van der Waals surface area contributed by atoms with Crippen molar-refractivity contribution in [3.8, 4) is 0 Å². The quantitative estimate of drug-likeness (QED) is 0.727. The van der Waals surface area contributed by atoms with Crippen molar-refractivity contribution < 1.29 is 9.53 Å². The highest BCUT2D eigenvalue weighted by Gasteiger charge is 2.25. The molecule has 0 unspecified atom stereocenters. The van der Waals surface area contributed by atoms with Gasteiger partial charge in [-0.25, -0.2) is 0 Å². The van der Waals surface area contributed by atoms with Crippen LogP contribution in [0, 0.1) is 11.8 Å². The molecule has 1 aromatic heterocycles. The van der Waals surface area contributed by atoms with E-state index in [1.54, 1.807) is 10.9 Å². The van der Waals surface area contributed by atoms with E-state index in [9.17, 15) is 4.79 Å². The van der Waals surface area contributed by atoms with E-state index in [2.05, 4.69) is 5.10 Å². The molecule has 0 spiro atoms. The Balaban J connectivity index is 1.40. The maximum absolute atomic E-state index is 12.5. The number of ether oxygens (including phenoxy) is 1. The molecule has 0 aromatic carbocycles. The van der Waals surface area contributed by atoms with Crippen molar-refractivity contribution in [2.24, 2.45) is 11.8 Å². The summed E-state index contributed by atoms with van der Waals surface area (Å²) in [6.45, 7) is 6.32. The molecule has 1 saturated carbocycles. The van der Waals surface area contributed by atoms with Crippen LogP contribution in [-0.4, -0.2) is 46.9 Å². The van der Waals surface area contributed by atoms with Gasteiger partial charge in [-0.2, -0.15) is 5.10 Å². The van der Waals surface area contributed by atoms with Crippen LogP contribution < -0.4 is 0 Å². The summed E-state index contributed by atoms with van der Waals surface area (Å²) in [7, 11) is 0. The Labute approximate surface area is 132 Å². The van der Waals surface area contributed by atoms with Gasteiger partial charge in [0.05, 0.1) is 0 Å². The van der Waals surface area contributed by atoms with Crippen LogP contribution in [0.2, 0.25) is 0 Å². The summed E-state index contributed by atoms with van der Waals surface area (Å²) < 4.78 is 7.51. The molecule has 1 saturated heterocycles. The van der Waals surface area contributed by atoms with Crippen LogP contribution in [0.5, 0.6) is 0 Å². The number of carbonyl (C=O) groups excluding carboxylic acids is 1. The van der Waals surface area contributed by atoms with E-state index in [1.165, 1.54) is 12.8 Å². The number of carbonyl (C=O) groups is 1. The zero-order valence-corrected chi connectivity index (χ0v) is 13.5. The molecule has 122 valence electrons. The second-order valence-electron chi connectivity index (χ2n) is 6.57. The van der Waals surface area contributed by atoms with Gasteiger partial charge in [-0.15, -0.1) is 0 Å². The van der Waals surface area contributed by atoms with Crippen LogP contribution in [0.3, 0.4) is 0 Å². The molecule has 1 aliphatic heterocycles. The van der Waals surface area contributed by atoms with Gasteiger partial charge >= 0.3 is 0 Å². The smallest absolute Gasteiger partial charge is 0.272 e. The van der Waals surface area contributed by atoms with Crippen molar-refractivity contribution in [2.75, 3.05) is 26.3 Å². The molecule has 2 heterocycles. The first-order valence-electron chi connectivity index (χ1n) is 8.66. The first-order valence-corrected chi connectivity index (χ1v) is 8.66. The highest BCUT2D eigenvalue weighted by molar-refractivity contribution is 5.92. The third-order valence-corrected chi connectivity index (χ3v) is 4.86. The second-order valence-corrected chi connectivity index (χ2v) is 6.57. The van der Waals surface area contributed by atoms with Gasteiger partial charge in [-0.05, 0) is 56.9 Å². The highest BCUT2D eigenvalue weighted by Crippen LogP contribution is 2.29. The van der Waals surface area contributed by atoms with Crippen molar-refractivity contribution in [1.29, 1.82) is 0 Å². The van der Waals surface area contributed by atoms with Crippen LogP contribution in [-0.2, 0) is 11.3 Å². The molecule has 5 heteroatoms. The van der Waals surface area contributed by atoms with Gasteiger partial charge in [0, 0.05) is 39.0 Å².